The summed E-state index contributed by atoms with van der Waals surface area (Å²) in [6.45, 7) is 3.56. The van der Waals surface area contributed by atoms with Crippen LogP contribution in [0.3, 0.4) is 0 Å². The molecular formula is C20H45NO4S. The van der Waals surface area contributed by atoms with E-state index >= 15 is 0 Å². The van der Waals surface area contributed by atoms with E-state index in [1.54, 1.807) is 0 Å². The lowest BCUT2D eigenvalue weighted by Gasteiger charge is -2.08. The van der Waals surface area contributed by atoms with Crippen molar-refractivity contribution in [2.24, 2.45) is 0 Å². The van der Waals surface area contributed by atoms with E-state index in [4.69, 9.17) is 17.5 Å². The molecule has 0 aromatic carbocycles. The highest BCUT2D eigenvalue weighted by Gasteiger charge is 1.95. The molecule has 0 radical (unpaired) electrons. The van der Waals surface area contributed by atoms with Crippen molar-refractivity contribution in [3.63, 3.8) is 0 Å². The summed E-state index contributed by atoms with van der Waals surface area (Å²) in [5.74, 6) is 0. The van der Waals surface area contributed by atoms with Crippen molar-refractivity contribution in [1.82, 2.24) is 4.90 Å². The molecule has 0 aliphatic rings. The summed E-state index contributed by atoms with van der Waals surface area (Å²) in [5, 5.41) is 0. The number of rotatable bonds is 17. The third-order valence-corrected chi connectivity index (χ3v) is 4.46. The lowest BCUT2D eigenvalue weighted by atomic mass is 10.0. The molecule has 0 atom stereocenters. The minimum absolute atomic E-state index is 1.26. The molecule has 26 heavy (non-hydrogen) atoms. The van der Waals surface area contributed by atoms with Crippen molar-refractivity contribution in [3.05, 3.63) is 0 Å². The van der Waals surface area contributed by atoms with Gasteiger partial charge in [0.15, 0.2) is 0 Å². The molecule has 0 amide bonds. The van der Waals surface area contributed by atoms with Crippen LogP contribution < -0.4 is 0 Å². The van der Waals surface area contributed by atoms with Gasteiger partial charge in [0.05, 0.1) is 0 Å². The Kier molecular flexibility index (Phi) is 22.8. The zero-order valence-corrected chi connectivity index (χ0v) is 18.4. The number of hydrogen-bond acceptors (Lipinski definition) is 3. The predicted molar refractivity (Wildman–Crippen MR) is 112 cm³/mol. The maximum atomic E-state index is 8.74. The van der Waals surface area contributed by atoms with Gasteiger partial charge < -0.3 is 4.90 Å². The number of nitrogens with zero attached hydrogens (tertiary/aromatic N) is 1. The molecule has 0 heterocycles. The van der Waals surface area contributed by atoms with Gasteiger partial charge in [-0.15, -0.1) is 0 Å². The Bertz CT molecular complexity index is 351. The van der Waals surface area contributed by atoms with Crippen LogP contribution in [0.15, 0.2) is 0 Å². The van der Waals surface area contributed by atoms with Gasteiger partial charge in [0, 0.05) is 0 Å². The third-order valence-electron chi connectivity index (χ3n) is 4.46. The summed E-state index contributed by atoms with van der Waals surface area (Å²) in [6, 6.07) is 0. The molecule has 0 aromatic rings. The molecular weight excluding hydrogens is 350 g/mol. The monoisotopic (exact) mass is 395 g/mol. The van der Waals surface area contributed by atoms with Gasteiger partial charge in [0.25, 0.3) is 0 Å². The van der Waals surface area contributed by atoms with Crippen LogP contribution in [0.1, 0.15) is 110 Å². The van der Waals surface area contributed by atoms with E-state index < -0.39 is 10.4 Å². The molecule has 0 bridgehead atoms. The predicted octanol–water partition coefficient (Wildman–Crippen LogP) is 6.16. The average Bonchev–Trinajstić information content (AvgIpc) is 2.52. The zero-order valence-electron chi connectivity index (χ0n) is 17.6. The third kappa shape index (κ3) is 39.1. The Labute approximate surface area is 163 Å². The first-order valence-electron chi connectivity index (χ1n) is 10.6. The summed E-state index contributed by atoms with van der Waals surface area (Å²) in [7, 11) is -0.323. The van der Waals surface area contributed by atoms with Crippen LogP contribution in [0.5, 0.6) is 0 Å². The highest BCUT2D eigenvalue weighted by Crippen LogP contribution is 2.13. The van der Waals surface area contributed by atoms with Crippen molar-refractivity contribution in [3.8, 4) is 0 Å². The highest BCUT2D eigenvalue weighted by molar-refractivity contribution is 7.79. The summed E-state index contributed by atoms with van der Waals surface area (Å²) in [5.41, 5.74) is 0. The van der Waals surface area contributed by atoms with E-state index in [2.05, 4.69) is 25.9 Å². The molecule has 0 fully saturated rings. The Hall–Kier alpha value is -0.170. The van der Waals surface area contributed by atoms with E-state index in [1.807, 2.05) is 0 Å². The Morgan fingerprint density at radius 1 is 0.577 bits per heavy atom. The minimum atomic E-state index is -4.67. The summed E-state index contributed by atoms with van der Waals surface area (Å²) in [6.07, 6.45) is 23.3. The molecule has 0 unspecified atom stereocenters. The summed E-state index contributed by atoms with van der Waals surface area (Å²) >= 11 is 0. The quantitative estimate of drug-likeness (QED) is 0.228. The second-order valence-electron chi connectivity index (χ2n) is 7.55. The van der Waals surface area contributed by atoms with Gasteiger partial charge in [-0.25, -0.2) is 0 Å². The highest BCUT2D eigenvalue weighted by atomic mass is 32.3. The van der Waals surface area contributed by atoms with Crippen molar-refractivity contribution in [2.45, 2.75) is 110 Å². The van der Waals surface area contributed by atoms with Crippen molar-refractivity contribution >= 4 is 10.4 Å². The van der Waals surface area contributed by atoms with Gasteiger partial charge in [-0.3, -0.25) is 9.11 Å². The average molecular weight is 396 g/mol. The van der Waals surface area contributed by atoms with Crippen molar-refractivity contribution in [1.29, 1.82) is 0 Å². The molecule has 2 N–H and O–H groups in total. The SMILES string of the molecule is CCCCCCCCCCCCCCCCCCN(C)C.O=S(=O)(O)O. The standard InChI is InChI=1S/C20H43N.H2O4S/c1-4-5-6-7-8-9-10-11-12-13-14-15-16-17-18-19-20-21(2)3;1-5(2,3)4/h4-20H2,1-3H3;(H2,1,2,3,4). The molecule has 0 saturated heterocycles. The number of hydrogen-bond donors (Lipinski definition) is 2. The molecule has 6 heteroatoms. The lowest BCUT2D eigenvalue weighted by Crippen LogP contribution is -2.12. The lowest BCUT2D eigenvalue weighted by molar-refractivity contribution is 0.381. The second kappa shape index (κ2) is 21.1. The van der Waals surface area contributed by atoms with Crippen molar-refractivity contribution in [2.75, 3.05) is 20.6 Å². The first-order chi connectivity index (χ1) is 12.3. The zero-order chi connectivity index (χ0) is 20.1. The molecule has 0 aliphatic heterocycles. The van der Waals surface area contributed by atoms with Crippen LogP contribution in [-0.4, -0.2) is 43.1 Å². The first-order valence-corrected chi connectivity index (χ1v) is 12.0. The van der Waals surface area contributed by atoms with Crippen molar-refractivity contribution < 1.29 is 17.5 Å². The maximum absolute atomic E-state index is 8.74. The fourth-order valence-electron chi connectivity index (χ4n) is 2.98. The topological polar surface area (TPSA) is 77.8 Å². The van der Waals surface area contributed by atoms with E-state index in [1.165, 1.54) is 109 Å². The Balaban J connectivity index is 0. The fraction of sp³-hybridized carbons (Fsp3) is 1.00. The van der Waals surface area contributed by atoms with Crippen LogP contribution >= 0.6 is 0 Å². The molecule has 0 rings (SSSR count). The molecule has 0 spiro atoms. The van der Waals surface area contributed by atoms with Crippen LogP contribution in [0.2, 0.25) is 0 Å². The van der Waals surface area contributed by atoms with Crippen LogP contribution in [0.4, 0.5) is 0 Å². The number of unbranched alkanes of at least 4 members (excludes halogenated alkanes) is 15. The Morgan fingerprint density at radius 2 is 0.808 bits per heavy atom. The summed E-state index contributed by atoms with van der Waals surface area (Å²) in [4.78, 5) is 2.30. The van der Waals surface area contributed by atoms with Gasteiger partial charge in [-0.05, 0) is 27.1 Å². The fourth-order valence-corrected chi connectivity index (χ4v) is 2.98. The molecule has 0 aromatic heterocycles. The smallest absolute Gasteiger partial charge is 0.309 e. The summed E-state index contributed by atoms with van der Waals surface area (Å²) < 4.78 is 31.6. The Morgan fingerprint density at radius 3 is 1.04 bits per heavy atom. The largest absolute Gasteiger partial charge is 0.394 e. The molecule has 0 aliphatic carbocycles. The second-order valence-corrected chi connectivity index (χ2v) is 8.45. The first kappa shape index (κ1) is 28.0. The van der Waals surface area contributed by atoms with Crippen LogP contribution in [0.25, 0.3) is 0 Å². The van der Waals surface area contributed by atoms with Gasteiger partial charge in [0.2, 0.25) is 0 Å². The molecule has 160 valence electrons. The maximum Gasteiger partial charge on any atom is 0.394 e. The molecule has 5 nitrogen and oxygen atoms in total. The van der Waals surface area contributed by atoms with Gasteiger partial charge >= 0.3 is 10.4 Å². The van der Waals surface area contributed by atoms with E-state index in [0.29, 0.717) is 0 Å². The molecule has 0 saturated carbocycles. The normalized spacial score (nSPS) is 11.5. The van der Waals surface area contributed by atoms with Crippen LogP contribution in [0, 0.1) is 0 Å². The van der Waals surface area contributed by atoms with Gasteiger partial charge in [0.1, 0.15) is 0 Å². The van der Waals surface area contributed by atoms with Gasteiger partial charge in [-0.1, -0.05) is 103 Å². The minimum Gasteiger partial charge on any atom is -0.309 e. The van der Waals surface area contributed by atoms with Gasteiger partial charge in [-0.2, -0.15) is 8.42 Å². The van der Waals surface area contributed by atoms with E-state index in [0.717, 1.165) is 0 Å². The van der Waals surface area contributed by atoms with E-state index in [9.17, 15) is 0 Å². The van der Waals surface area contributed by atoms with Crippen LogP contribution in [-0.2, 0) is 10.4 Å². The van der Waals surface area contributed by atoms with E-state index in [-0.39, 0.29) is 0 Å².